The van der Waals surface area contributed by atoms with Gasteiger partial charge in [-0.3, -0.25) is 0 Å². The van der Waals surface area contributed by atoms with Crippen molar-refractivity contribution >= 4 is 6.09 Å². The molecule has 2 atom stereocenters. The molecule has 0 spiro atoms. The van der Waals surface area contributed by atoms with Crippen molar-refractivity contribution < 1.29 is 14.6 Å². The molecule has 0 aromatic rings. The van der Waals surface area contributed by atoms with Crippen LogP contribution in [0, 0.1) is 0 Å². The lowest BCUT2D eigenvalue weighted by Crippen LogP contribution is -2.50. The van der Waals surface area contributed by atoms with Crippen molar-refractivity contribution in [1.82, 2.24) is 4.90 Å². The summed E-state index contributed by atoms with van der Waals surface area (Å²) in [6, 6.07) is -0.145. The second-order valence-electron chi connectivity index (χ2n) is 5.12. The SMILES string of the molecule is C[C@@H]1[C@H](O)CCCN1C(=O)OC(C)(C)C. The normalized spacial score (nSPS) is 27.7. The molecule has 88 valence electrons. The van der Waals surface area contributed by atoms with Gasteiger partial charge in [0.1, 0.15) is 5.60 Å². The van der Waals surface area contributed by atoms with Gasteiger partial charge in [0, 0.05) is 6.54 Å². The summed E-state index contributed by atoms with van der Waals surface area (Å²) in [5, 5.41) is 9.65. The van der Waals surface area contributed by atoms with Crippen molar-refractivity contribution in [2.75, 3.05) is 6.54 Å². The van der Waals surface area contributed by atoms with Crippen LogP contribution in [0.5, 0.6) is 0 Å². The van der Waals surface area contributed by atoms with E-state index >= 15 is 0 Å². The van der Waals surface area contributed by atoms with Gasteiger partial charge in [0.05, 0.1) is 12.1 Å². The predicted octanol–water partition coefficient (Wildman–Crippen LogP) is 1.77. The monoisotopic (exact) mass is 215 g/mol. The maximum absolute atomic E-state index is 11.8. The number of likely N-dealkylation sites (tertiary alicyclic amines) is 1. The molecule has 0 radical (unpaired) electrons. The molecule has 15 heavy (non-hydrogen) atoms. The van der Waals surface area contributed by atoms with E-state index in [4.69, 9.17) is 4.74 Å². The number of nitrogens with zero attached hydrogens (tertiary/aromatic N) is 1. The molecule has 0 aromatic carbocycles. The maximum Gasteiger partial charge on any atom is 0.410 e. The van der Waals surface area contributed by atoms with Gasteiger partial charge in [-0.1, -0.05) is 0 Å². The van der Waals surface area contributed by atoms with E-state index in [1.807, 2.05) is 27.7 Å². The van der Waals surface area contributed by atoms with Gasteiger partial charge in [-0.2, -0.15) is 0 Å². The molecule has 0 bridgehead atoms. The summed E-state index contributed by atoms with van der Waals surface area (Å²) in [6.07, 6.45) is 0.852. The molecule has 1 fully saturated rings. The van der Waals surface area contributed by atoms with Crippen molar-refractivity contribution in [2.45, 2.75) is 58.3 Å². The lowest BCUT2D eigenvalue weighted by atomic mass is 10.0. The van der Waals surface area contributed by atoms with Gasteiger partial charge in [-0.15, -0.1) is 0 Å². The Balaban J connectivity index is 2.59. The minimum Gasteiger partial charge on any atom is -0.444 e. The van der Waals surface area contributed by atoms with E-state index in [0.29, 0.717) is 6.54 Å². The van der Waals surface area contributed by atoms with Gasteiger partial charge in [0.15, 0.2) is 0 Å². The van der Waals surface area contributed by atoms with Gasteiger partial charge >= 0.3 is 6.09 Å². The fourth-order valence-corrected chi connectivity index (χ4v) is 1.70. The Morgan fingerprint density at radius 2 is 2.07 bits per heavy atom. The molecule has 1 amide bonds. The van der Waals surface area contributed by atoms with Crippen LogP contribution in [0.4, 0.5) is 4.79 Å². The minimum atomic E-state index is -0.473. The quantitative estimate of drug-likeness (QED) is 0.670. The lowest BCUT2D eigenvalue weighted by Gasteiger charge is -2.37. The van der Waals surface area contributed by atoms with Gasteiger partial charge < -0.3 is 14.7 Å². The molecule has 0 unspecified atom stereocenters. The van der Waals surface area contributed by atoms with Gasteiger partial charge in [-0.05, 0) is 40.5 Å². The number of rotatable bonds is 0. The smallest absolute Gasteiger partial charge is 0.410 e. The molecule has 4 nitrogen and oxygen atoms in total. The van der Waals surface area contributed by atoms with Crippen LogP contribution in [0.2, 0.25) is 0 Å². The second-order valence-corrected chi connectivity index (χ2v) is 5.12. The molecular formula is C11H21NO3. The molecule has 0 saturated carbocycles. The van der Waals surface area contributed by atoms with Crippen molar-refractivity contribution in [3.8, 4) is 0 Å². The molecule has 1 aliphatic rings. The highest BCUT2D eigenvalue weighted by Gasteiger charge is 2.32. The summed E-state index contributed by atoms with van der Waals surface area (Å²) in [6.45, 7) is 8.06. The van der Waals surface area contributed by atoms with Crippen molar-refractivity contribution in [3.05, 3.63) is 0 Å². The van der Waals surface area contributed by atoms with E-state index in [2.05, 4.69) is 0 Å². The number of carbonyl (C=O) groups excluding carboxylic acids is 1. The molecule has 1 saturated heterocycles. The summed E-state index contributed by atoms with van der Waals surface area (Å²) >= 11 is 0. The Morgan fingerprint density at radius 1 is 1.47 bits per heavy atom. The van der Waals surface area contributed by atoms with Crippen LogP contribution in [0.15, 0.2) is 0 Å². The van der Waals surface area contributed by atoms with E-state index in [0.717, 1.165) is 12.8 Å². The number of piperidine rings is 1. The summed E-state index contributed by atoms with van der Waals surface area (Å²) in [4.78, 5) is 13.4. The lowest BCUT2D eigenvalue weighted by molar-refractivity contribution is -0.0181. The largest absolute Gasteiger partial charge is 0.444 e. The fourth-order valence-electron chi connectivity index (χ4n) is 1.70. The Labute approximate surface area is 91.2 Å². The van der Waals surface area contributed by atoms with E-state index in [1.54, 1.807) is 4.90 Å². The zero-order valence-electron chi connectivity index (χ0n) is 9.99. The zero-order chi connectivity index (χ0) is 11.6. The summed E-state index contributed by atoms with van der Waals surface area (Å²) in [5.74, 6) is 0. The Morgan fingerprint density at radius 3 is 2.60 bits per heavy atom. The third-order valence-electron chi connectivity index (χ3n) is 2.58. The molecule has 1 rings (SSSR count). The first kappa shape index (κ1) is 12.3. The highest BCUT2D eigenvalue weighted by molar-refractivity contribution is 5.68. The Bertz CT molecular complexity index is 234. The van der Waals surface area contributed by atoms with Crippen LogP contribution < -0.4 is 0 Å². The number of hydrogen-bond acceptors (Lipinski definition) is 3. The molecule has 0 aliphatic carbocycles. The van der Waals surface area contributed by atoms with Crippen LogP contribution in [-0.4, -0.2) is 40.4 Å². The standard InChI is InChI=1S/C11H21NO3/c1-8-9(13)6-5-7-12(8)10(14)15-11(2,3)4/h8-9,13H,5-7H2,1-4H3/t8-,9-/m1/s1. The Kier molecular flexibility index (Phi) is 3.60. The highest BCUT2D eigenvalue weighted by Crippen LogP contribution is 2.20. The molecule has 1 N–H and O–H groups in total. The summed E-state index contributed by atoms with van der Waals surface area (Å²) in [5.41, 5.74) is -0.473. The topological polar surface area (TPSA) is 49.8 Å². The van der Waals surface area contributed by atoms with E-state index in [1.165, 1.54) is 0 Å². The van der Waals surface area contributed by atoms with Gasteiger partial charge in [-0.25, -0.2) is 4.79 Å². The first-order valence-corrected chi connectivity index (χ1v) is 5.49. The number of aliphatic hydroxyl groups is 1. The average Bonchev–Trinajstić information content (AvgIpc) is 2.06. The molecule has 0 aromatic heterocycles. The number of hydrogen-bond donors (Lipinski definition) is 1. The number of ether oxygens (including phenoxy) is 1. The zero-order valence-corrected chi connectivity index (χ0v) is 9.99. The predicted molar refractivity (Wildman–Crippen MR) is 57.6 cm³/mol. The fraction of sp³-hybridized carbons (Fsp3) is 0.909. The third kappa shape index (κ3) is 3.38. The number of carbonyl (C=O) groups is 1. The van der Waals surface area contributed by atoms with Crippen LogP contribution in [0.3, 0.4) is 0 Å². The summed E-state index contributed by atoms with van der Waals surface area (Å²) in [7, 11) is 0. The van der Waals surface area contributed by atoms with Gasteiger partial charge in [0.2, 0.25) is 0 Å². The minimum absolute atomic E-state index is 0.145. The van der Waals surface area contributed by atoms with Crippen LogP contribution in [0.25, 0.3) is 0 Å². The first-order valence-electron chi connectivity index (χ1n) is 5.49. The highest BCUT2D eigenvalue weighted by atomic mass is 16.6. The van der Waals surface area contributed by atoms with Crippen molar-refractivity contribution in [2.24, 2.45) is 0 Å². The summed E-state index contributed by atoms with van der Waals surface area (Å²) < 4.78 is 5.27. The number of amides is 1. The maximum atomic E-state index is 11.8. The van der Waals surface area contributed by atoms with Gasteiger partial charge in [0.25, 0.3) is 0 Å². The van der Waals surface area contributed by atoms with Crippen LogP contribution >= 0.6 is 0 Å². The second kappa shape index (κ2) is 4.39. The Hall–Kier alpha value is -0.770. The van der Waals surface area contributed by atoms with E-state index in [-0.39, 0.29) is 12.1 Å². The van der Waals surface area contributed by atoms with E-state index in [9.17, 15) is 9.90 Å². The first-order chi connectivity index (χ1) is 6.81. The number of aliphatic hydroxyl groups excluding tert-OH is 1. The average molecular weight is 215 g/mol. The van der Waals surface area contributed by atoms with Crippen molar-refractivity contribution in [1.29, 1.82) is 0 Å². The molecule has 1 aliphatic heterocycles. The van der Waals surface area contributed by atoms with Crippen LogP contribution in [0.1, 0.15) is 40.5 Å². The molecule has 1 heterocycles. The van der Waals surface area contributed by atoms with Crippen LogP contribution in [-0.2, 0) is 4.74 Å². The molecular weight excluding hydrogens is 194 g/mol. The third-order valence-corrected chi connectivity index (χ3v) is 2.58. The van der Waals surface area contributed by atoms with E-state index < -0.39 is 11.7 Å². The molecule has 4 heteroatoms. The van der Waals surface area contributed by atoms with Crippen molar-refractivity contribution in [3.63, 3.8) is 0 Å².